The van der Waals surface area contributed by atoms with Crippen LogP contribution in [0.5, 0.6) is 0 Å². The van der Waals surface area contributed by atoms with Crippen LogP contribution in [-0.2, 0) is 17.7 Å². The van der Waals surface area contributed by atoms with Gasteiger partial charge in [-0.2, -0.15) is 0 Å². The van der Waals surface area contributed by atoms with E-state index in [1.807, 2.05) is 4.90 Å². The fraction of sp³-hybridized carbons (Fsp3) is 0.700. The Morgan fingerprint density at radius 3 is 2.66 bits per heavy atom. The zero-order chi connectivity index (χ0) is 19.6. The molecule has 2 fully saturated rings. The number of fused-ring (bicyclic) bond motifs is 1. The van der Waals surface area contributed by atoms with Gasteiger partial charge in [-0.15, -0.1) is 10.2 Å². The molecule has 0 aromatic carbocycles. The molecule has 0 aliphatic carbocycles. The van der Waals surface area contributed by atoms with Crippen molar-refractivity contribution in [1.82, 2.24) is 24.8 Å². The Hall–Kier alpha value is -2.42. The van der Waals surface area contributed by atoms with E-state index >= 15 is 0 Å². The van der Waals surface area contributed by atoms with Gasteiger partial charge in [0.25, 0.3) is 5.91 Å². The zero-order valence-electron chi connectivity index (χ0n) is 16.8. The first-order valence-electron chi connectivity index (χ1n) is 10.8. The fourth-order valence-corrected chi connectivity index (χ4v) is 4.61. The van der Waals surface area contributed by atoms with Gasteiger partial charge in [-0.3, -0.25) is 4.79 Å². The van der Waals surface area contributed by atoms with Gasteiger partial charge < -0.3 is 23.6 Å². The molecule has 0 bridgehead atoms. The van der Waals surface area contributed by atoms with E-state index in [1.54, 1.807) is 6.07 Å². The number of morpholine rings is 1. The van der Waals surface area contributed by atoms with Gasteiger partial charge in [0.15, 0.2) is 5.82 Å². The summed E-state index contributed by atoms with van der Waals surface area (Å²) >= 11 is 0. The summed E-state index contributed by atoms with van der Waals surface area (Å²) in [6.07, 6.45) is 6.52. The number of carbonyl (C=O) groups excluding carboxylic acids is 1. The topological polar surface area (TPSA) is 89.5 Å². The van der Waals surface area contributed by atoms with Crippen LogP contribution in [0.4, 0.5) is 5.82 Å². The van der Waals surface area contributed by atoms with Crippen LogP contribution in [0.2, 0.25) is 0 Å². The second-order valence-electron chi connectivity index (χ2n) is 8.15. The van der Waals surface area contributed by atoms with E-state index in [0.29, 0.717) is 38.0 Å². The van der Waals surface area contributed by atoms with E-state index in [0.717, 1.165) is 56.4 Å². The van der Waals surface area contributed by atoms with E-state index < -0.39 is 0 Å². The number of aromatic nitrogens is 4. The van der Waals surface area contributed by atoms with Crippen LogP contribution in [-0.4, -0.2) is 70.1 Å². The summed E-state index contributed by atoms with van der Waals surface area (Å²) in [5.41, 5.74) is 0. The van der Waals surface area contributed by atoms with Crippen LogP contribution in [0.25, 0.3) is 0 Å². The summed E-state index contributed by atoms with van der Waals surface area (Å²) in [5.74, 6) is 3.59. The molecule has 1 amide bonds. The average Bonchev–Trinajstić information content (AvgIpc) is 3.36. The predicted molar refractivity (Wildman–Crippen MR) is 105 cm³/mol. The first kappa shape index (κ1) is 18.6. The molecule has 2 saturated heterocycles. The molecule has 0 atom stereocenters. The highest BCUT2D eigenvalue weighted by atomic mass is 16.5. The number of ether oxygens (including phenoxy) is 1. The second-order valence-corrected chi connectivity index (χ2v) is 8.15. The standard InChI is InChI=1S/C20H28N6O3/c27-20(16-14-18(23-29-16)24-10-12-28-13-11-24)25-8-5-15(6-9-25)19-22-21-17-4-2-1-3-7-26(17)19/h14-15H,1-13H2. The maximum atomic E-state index is 12.9. The summed E-state index contributed by atoms with van der Waals surface area (Å²) in [5, 5.41) is 13.0. The third-order valence-electron chi connectivity index (χ3n) is 6.33. The number of nitrogens with zero attached hydrogens (tertiary/aromatic N) is 6. The summed E-state index contributed by atoms with van der Waals surface area (Å²) in [6, 6.07) is 1.76. The van der Waals surface area contributed by atoms with Gasteiger partial charge in [0.1, 0.15) is 11.6 Å². The fourth-order valence-electron chi connectivity index (χ4n) is 4.61. The maximum absolute atomic E-state index is 12.9. The molecule has 9 heteroatoms. The Kier molecular flexibility index (Phi) is 5.22. The van der Waals surface area contributed by atoms with Crippen molar-refractivity contribution in [2.45, 2.75) is 51.0 Å². The number of amides is 1. The lowest BCUT2D eigenvalue weighted by molar-refractivity contribution is 0.0668. The SMILES string of the molecule is O=C(c1cc(N2CCOCC2)no1)N1CCC(c2nnc3n2CCCCC3)CC1. The minimum absolute atomic E-state index is 0.0736. The van der Waals surface area contributed by atoms with Gasteiger partial charge in [-0.1, -0.05) is 11.6 Å². The van der Waals surface area contributed by atoms with Gasteiger partial charge in [-0.25, -0.2) is 0 Å². The molecule has 0 spiro atoms. The lowest BCUT2D eigenvalue weighted by atomic mass is 9.95. The van der Waals surface area contributed by atoms with Gasteiger partial charge in [0.2, 0.25) is 5.76 Å². The van der Waals surface area contributed by atoms with Crippen molar-refractivity contribution in [3.05, 3.63) is 23.5 Å². The minimum atomic E-state index is -0.0736. The van der Waals surface area contributed by atoms with Crippen LogP contribution in [0.1, 0.15) is 60.2 Å². The number of rotatable bonds is 3. The Morgan fingerprint density at radius 1 is 1.00 bits per heavy atom. The van der Waals surface area contributed by atoms with E-state index in [1.165, 1.54) is 19.3 Å². The molecule has 0 saturated carbocycles. The van der Waals surface area contributed by atoms with Crippen molar-refractivity contribution >= 4 is 11.7 Å². The van der Waals surface area contributed by atoms with Gasteiger partial charge in [-0.05, 0) is 25.7 Å². The molecule has 3 aliphatic rings. The third-order valence-corrected chi connectivity index (χ3v) is 6.33. The first-order valence-corrected chi connectivity index (χ1v) is 10.8. The van der Waals surface area contributed by atoms with Gasteiger partial charge >= 0.3 is 0 Å². The van der Waals surface area contributed by atoms with Crippen molar-refractivity contribution in [3.63, 3.8) is 0 Å². The van der Waals surface area contributed by atoms with Crippen LogP contribution < -0.4 is 4.90 Å². The van der Waals surface area contributed by atoms with Crippen molar-refractivity contribution in [2.75, 3.05) is 44.3 Å². The molecule has 29 heavy (non-hydrogen) atoms. The molecule has 3 aliphatic heterocycles. The molecular formula is C20H28N6O3. The highest BCUT2D eigenvalue weighted by molar-refractivity contribution is 5.92. The van der Waals surface area contributed by atoms with Crippen LogP contribution in [0, 0.1) is 0 Å². The molecule has 0 unspecified atom stereocenters. The number of aryl methyl sites for hydroxylation is 1. The Bertz CT molecular complexity index is 848. The van der Waals surface area contributed by atoms with Crippen LogP contribution in [0.3, 0.4) is 0 Å². The summed E-state index contributed by atoms with van der Waals surface area (Å²) in [7, 11) is 0. The van der Waals surface area contributed by atoms with E-state index in [4.69, 9.17) is 9.26 Å². The van der Waals surface area contributed by atoms with Crippen LogP contribution >= 0.6 is 0 Å². The highest BCUT2D eigenvalue weighted by Gasteiger charge is 2.30. The highest BCUT2D eigenvalue weighted by Crippen LogP contribution is 2.30. The predicted octanol–water partition coefficient (Wildman–Crippen LogP) is 1.85. The molecule has 156 valence electrons. The van der Waals surface area contributed by atoms with Crippen molar-refractivity contribution in [3.8, 4) is 0 Å². The zero-order valence-corrected chi connectivity index (χ0v) is 16.8. The number of likely N-dealkylation sites (tertiary alicyclic amines) is 1. The van der Waals surface area contributed by atoms with Gasteiger partial charge in [0, 0.05) is 51.1 Å². The van der Waals surface area contributed by atoms with Crippen molar-refractivity contribution < 1.29 is 14.1 Å². The number of piperidine rings is 1. The lowest BCUT2D eigenvalue weighted by Crippen LogP contribution is -2.38. The number of hydrogen-bond donors (Lipinski definition) is 0. The average molecular weight is 400 g/mol. The number of carbonyl (C=O) groups is 1. The molecule has 2 aromatic heterocycles. The summed E-state index contributed by atoms with van der Waals surface area (Å²) < 4.78 is 13.1. The first-order chi connectivity index (χ1) is 14.3. The van der Waals surface area contributed by atoms with Crippen molar-refractivity contribution in [2.24, 2.45) is 0 Å². The largest absolute Gasteiger partial charge is 0.378 e. The van der Waals surface area contributed by atoms with Gasteiger partial charge in [0.05, 0.1) is 13.2 Å². The quantitative estimate of drug-likeness (QED) is 0.777. The normalized spacial score (nSPS) is 21.1. The van der Waals surface area contributed by atoms with E-state index in [9.17, 15) is 4.79 Å². The minimum Gasteiger partial charge on any atom is -0.378 e. The van der Waals surface area contributed by atoms with E-state index in [-0.39, 0.29) is 5.91 Å². The Balaban J connectivity index is 1.21. The van der Waals surface area contributed by atoms with E-state index in [2.05, 4.69) is 24.8 Å². The molecule has 5 rings (SSSR count). The Labute approximate surface area is 170 Å². The summed E-state index contributed by atoms with van der Waals surface area (Å²) in [4.78, 5) is 16.8. The molecule has 2 aromatic rings. The molecular weight excluding hydrogens is 372 g/mol. The number of hydrogen-bond acceptors (Lipinski definition) is 7. The van der Waals surface area contributed by atoms with Crippen molar-refractivity contribution in [1.29, 1.82) is 0 Å². The Morgan fingerprint density at radius 2 is 1.83 bits per heavy atom. The number of anilines is 1. The molecule has 9 nitrogen and oxygen atoms in total. The van der Waals surface area contributed by atoms with Crippen LogP contribution in [0.15, 0.2) is 10.6 Å². The maximum Gasteiger partial charge on any atom is 0.292 e. The summed E-state index contributed by atoms with van der Waals surface area (Å²) in [6.45, 7) is 5.34. The lowest BCUT2D eigenvalue weighted by Gasteiger charge is -2.31. The smallest absolute Gasteiger partial charge is 0.292 e. The molecule has 5 heterocycles. The second kappa shape index (κ2) is 8.14. The molecule has 0 radical (unpaired) electrons. The monoisotopic (exact) mass is 400 g/mol. The third kappa shape index (κ3) is 3.75. The molecule has 0 N–H and O–H groups in total.